The van der Waals surface area contributed by atoms with Crippen LogP contribution < -0.4 is 5.32 Å². The Labute approximate surface area is 124 Å². The van der Waals surface area contributed by atoms with E-state index < -0.39 is 12.1 Å². The van der Waals surface area contributed by atoms with Crippen molar-refractivity contribution in [2.75, 3.05) is 0 Å². The maximum absolute atomic E-state index is 12.8. The fraction of sp³-hybridized carbons (Fsp3) is 0.538. The lowest BCUT2D eigenvalue weighted by Crippen LogP contribution is -2.33. The van der Waals surface area contributed by atoms with Gasteiger partial charge in [0.2, 0.25) is 0 Å². The molecule has 2 aromatic heterocycles. The van der Waals surface area contributed by atoms with Gasteiger partial charge in [0.15, 0.2) is 0 Å². The average molecular weight is 316 g/mol. The fourth-order valence-corrected chi connectivity index (χ4v) is 3.17. The lowest BCUT2D eigenvalue weighted by molar-refractivity contribution is -0.182. The highest BCUT2D eigenvalue weighted by molar-refractivity contribution is 7.09. The SMILES string of the molecule is FC(F)(F)C1CCc2nnc(CNCc3cccs3)n2C1. The molecule has 8 heteroatoms. The van der Waals surface area contributed by atoms with E-state index in [1.807, 2.05) is 17.5 Å². The Kier molecular flexibility index (Phi) is 3.99. The molecule has 3 heterocycles. The number of halogens is 3. The molecule has 1 N–H and O–H groups in total. The van der Waals surface area contributed by atoms with Crippen molar-refractivity contribution in [3.63, 3.8) is 0 Å². The van der Waals surface area contributed by atoms with Crippen LogP contribution in [0.4, 0.5) is 13.2 Å². The second kappa shape index (κ2) is 5.76. The largest absolute Gasteiger partial charge is 0.393 e. The highest BCUT2D eigenvalue weighted by atomic mass is 32.1. The predicted octanol–water partition coefficient (Wildman–Crippen LogP) is 2.75. The van der Waals surface area contributed by atoms with Gasteiger partial charge in [-0.15, -0.1) is 21.5 Å². The zero-order valence-corrected chi connectivity index (χ0v) is 12.0. The monoisotopic (exact) mass is 316 g/mol. The van der Waals surface area contributed by atoms with E-state index in [4.69, 9.17) is 0 Å². The lowest BCUT2D eigenvalue weighted by Gasteiger charge is -2.26. The normalized spacial score (nSPS) is 18.7. The van der Waals surface area contributed by atoms with Crippen molar-refractivity contribution >= 4 is 11.3 Å². The molecular formula is C13H15F3N4S. The Bertz CT molecular complexity index is 591. The number of aromatic nitrogens is 3. The van der Waals surface area contributed by atoms with Crippen LogP contribution in [0.3, 0.4) is 0 Å². The summed E-state index contributed by atoms with van der Waals surface area (Å²) >= 11 is 1.64. The summed E-state index contributed by atoms with van der Waals surface area (Å²) in [7, 11) is 0. The summed E-state index contributed by atoms with van der Waals surface area (Å²) in [4.78, 5) is 1.18. The van der Waals surface area contributed by atoms with Gasteiger partial charge in [-0.2, -0.15) is 13.2 Å². The summed E-state index contributed by atoms with van der Waals surface area (Å²) < 4.78 is 40.1. The van der Waals surface area contributed by atoms with Crippen molar-refractivity contribution in [2.24, 2.45) is 5.92 Å². The van der Waals surface area contributed by atoms with Gasteiger partial charge in [0, 0.05) is 24.4 Å². The maximum Gasteiger partial charge on any atom is 0.393 e. The van der Waals surface area contributed by atoms with Crippen LogP contribution in [0.5, 0.6) is 0 Å². The first-order valence-electron chi connectivity index (χ1n) is 6.75. The topological polar surface area (TPSA) is 42.7 Å². The number of aryl methyl sites for hydroxylation is 1. The molecule has 0 fully saturated rings. The first-order valence-corrected chi connectivity index (χ1v) is 7.63. The summed E-state index contributed by atoms with van der Waals surface area (Å²) in [5, 5.41) is 13.2. The molecule has 0 radical (unpaired) electrons. The van der Waals surface area contributed by atoms with E-state index in [9.17, 15) is 13.2 Å². The molecule has 0 bridgehead atoms. The molecule has 0 aromatic carbocycles. The van der Waals surface area contributed by atoms with E-state index in [1.165, 1.54) is 4.88 Å². The minimum atomic E-state index is -4.15. The van der Waals surface area contributed by atoms with Crippen LogP contribution in [0, 0.1) is 5.92 Å². The third-order valence-corrected chi connectivity index (χ3v) is 4.53. The molecule has 0 aliphatic carbocycles. The zero-order valence-electron chi connectivity index (χ0n) is 11.2. The molecule has 114 valence electrons. The number of hydrogen-bond acceptors (Lipinski definition) is 4. The van der Waals surface area contributed by atoms with Gasteiger partial charge in [0.1, 0.15) is 11.6 Å². The number of fused-ring (bicyclic) bond motifs is 1. The van der Waals surface area contributed by atoms with Gasteiger partial charge >= 0.3 is 6.18 Å². The van der Waals surface area contributed by atoms with Crippen LogP contribution in [0.15, 0.2) is 17.5 Å². The third-order valence-electron chi connectivity index (χ3n) is 3.65. The number of alkyl halides is 3. The smallest absolute Gasteiger partial charge is 0.313 e. The first-order chi connectivity index (χ1) is 10.0. The molecule has 2 aromatic rings. The molecule has 3 rings (SSSR count). The zero-order chi connectivity index (χ0) is 14.9. The van der Waals surface area contributed by atoms with Crippen LogP contribution in [-0.2, 0) is 26.1 Å². The van der Waals surface area contributed by atoms with E-state index in [2.05, 4.69) is 15.5 Å². The standard InChI is InChI=1S/C13H15F3N4S/c14-13(15,16)9-3-4-11-18-19-12(20(11)8-9)7-17-6-10-2-1-5-21-10/h1-2,5,9,17H,3-4,6-8H2. The Hall–Kier alpha value is -1.41. The van der Waals surface area contributed by atoms with Crippen molar-refractivity contribution in [1.82, 2.24) is 20.1 Å². The van der Waals surface area contributed by atoms with E-state index in [1.54, 1.807) is 15.9 Å². The second-order valence-electron chi connectivity index (χ2n) is 5.10. The highest BCUT2D eigenvalue weighted by Gasteiger charge is 2.42. The maximum atomic E-state index is 12.8. The minimum absolute atomic E-state index is 0.0676. The van der Waals surface area contributed by atoms with Crippen LogP contribution in [0.2, 0.25) is 0 Å². The van der Waals surface area contributed by atoms with Crippen LogP contribution >= 0.6 is 11.3 Å². The summed E-state index contributed by atoms with van der Waals surface area (Å²) in [6, 6.07) is 3.98. The minimum Gasteiger partial charge on any atom is -0.313 e. The summed E-state index contributed by atoms with van der Waals surface area (Å²) in [5.74, 6) is -0.0593. The number of rotatable bonds is 4. The predicted molar refractivity (Wildman–Crippen MR) is 72.8 cm³/mol. The van der Waals surface area contributed by atoms with Gasteiger partial charge in [0.25, 0.3) is 0 Å². The van der Waals surface area contributed by atoms with Crippen molar-refractivity contribution < 1.29 is 13.2 Å². The lowest BCUT2D eigenvalue weighted by atomic mass is 9.99. The van der Waals surface area contributed by atoms with E-state index in [-0.39, 0.29) is 13.0 Å². The molecule has 4 nitrogen and oxygen atoms in total. The van der Waals surface area contributed by atoms with Crippen LogP contribution in [0.25, 0.3) is 0 Å². The van der Waals surface area contributed by atoms with Crippen molar-refractivity contribution in [1.29, 1.82) is 0 Å². The molecule has 0 spiro atoms. The molecular weight excluding hydrogens is 301 g/mol. The van der Waals surface area contributed by atoms with E-state index in [0.717, 1.165) is 0 Å². The first kappa shape index (κ1) is 14.5. The fourth-order valence-electron chi connectivity index (χ4n) is 2.49. The molecule has 1 atom stereocenters. The van der Waals surface area contributed by atoms with Crippen molar-refractivity contribution in [3.05, 3.63) is 34.0 Å². The number of hydrogen-bond donors (Lipinski definition) is 1. The van der Waals surface area contributed by atoms with Gasteiger partial charge in [-0.1, -0.05) is 6.07 Å². The molecule has 1 unspecified atom stereocenters. The van der Waals surface area contributed by atoms with E-state index in [0.29, 0.717) is 31.2 Å². The molecule has 0 saturated heterocycles. The molecule has 21 heavy (non-hydrogen) atoms. The van der Waals surface area contributed by atoms with Crippen molar-refractivity contribution in [2.45, 2.75) is 38.7 Å². The van der Waals surface area contributed by atoms with Gasteiger partial charge in [-0.05, 0) is 17.9 Å². The molecule has 1 aliphatic heterocycles. The Balaban J connectivity index is 1.64. The average Bonchev–Trinajstić information content (AvgIpc) is 3.07. The summed E-state index contributed by atoms with van der Waals surface area (Å²) in [5.41, 5.74) is 0. The molecule has 0 amide bonds. The van der Waals surface area contributed by atoms with Gasteiger partial charge in [0.05, 0.1) is 12.5 Å². The van der Waals surface area contributed by atoms with Gasteiger partial charge < -0.3 is 9.88 Å². The number of nitrogens with one attached hydrogen (secondary N) is 1. The quantitative estimate of drug-likeness (QED) is 0.943. The summed E-state index contributed by atoms with van der Waals surface area (Å²) in [6.07, 6.45) is -3.71. The summed E-state index contributed by atoms with van der Waals surface area (Å²) in [6.45, 7) is 1.04. The number of nitrogens with zero attached hydrogens (tertiary/aromatic N) is 3. The molecule has 1 aliphatic rings. The number of thiophene rings is 1. The Morgan fingerprint density at radius 3 is 2.90 bits per heavy atom. The Morgan fingerprint density at radius 2 is 2.19 bits per heavy atom. The van der Waals surface area contributed by atoms with Crippen LogP contribution in [-0.4, -0.2) is 20.9 Å². The van der Waals surface area contributed by atoms with Crippen molar-refractivity contribution in [3.8, 4) is 0 Å². The highest BCUT2D eigenvalue weighted by Crippen LogP contribution is 2.34. The van der Waals surface area contributed by atoms with Crippen LogP contribution in [0.1, 0.15) is 22.9 Å². The van der Waals surface area contributed by atoms with Gasteiger partial charge in [-0.3, -0.25) is 0 Å². The van der Waals surface area contributed by atoms with E-state index >= 15 is 0 Å². The third kappa shape index (κ3) is 3.26. The Morgan fingerprint density at radius 1 is 1.33 bits per heavy atom. The molecule has 0 saturated carbocycles. The van der Waals surface area contributed by atoms with Gasteiger partial charge in [-0.25, -0.2) is 0 Å². The second-order valence-corrected chi connectivity index (χ2v) is 6.14.